The van der Waals surface area contributed by atoms with E-state index in [0.29, 0.717) is 73.4 Å². The van der Waals surface area contributed by atoms with Gasteiger partial charge in [-0.2, -0.15) is 0 Å². The van der Waals surface area contributed by atoms with Crippen LogP contribution in [0.1, 0.15) is 84.8 Å². The Morgan fingerprint density at radius 1 is 0.956 bits per heavy atom. The third kappa shape index (κ3) is 14.4. The van der Waals surface area contributed by atoms with Crippen molar-refractivity contribution in [2.24, 2.45) is 0 Å². The van der Waals surface area contributed by atoms with Crippen LogP contribution in [-0.2, 0) is 36.5 Å². The van der Waals surface area contributed by atoms with Gasteiger partial charge in [-0.15, -0.1) is 0 Å². The number of hydrogen-bond acceptors (Lipinski definition) is 10. The van der Waals surface area contributed by atoms with Gasteiger partial charge in [0.2, 0.25) is 17.7 Å². The highest BCUT2D eigenvalue weighted by atomic mass is 79.9. The average molecular weight is 1060 g/mol. The zero-order chi connectivity index (χ0) is 50.1. The van der Waals surface area contributed by atoms with Crippen molar-refractivity contribution in [1.82, 2.24) is 34.7 Å². The lowest BCUT2D eigenvalue weighted by molar-refractivity contribution is -0.142. The molecule has 3 heterocycles. The first-order chi connectivity index (χ1) is 31.9. The lowest BCUT2D eigenvalue weighted by Gasteiger charge is -2.36. The molecule has 0 unspecified atom stereocenters. The van der Waals surface area contributed by atoms with Gasteiger partial charge in [0.15, 0.2) is 8.32 Å². The van der Waals surface area contributed by atoms with E-state index < -0.39 is 56.0 Å². The first kappa shape index (κ1) is 54.6. The third-order valence-corrected chi connectivity index (χ3v) is 19.7. The second kappa shape index (κ2) is 23.5. The predicted molar refractivity (Wildman–Crippen MR) is 275 cm³/mol. The SMILES string of the molecule is CN(CCCC[C@@H]1NC(=O)[C@H](CCCO[Si](C)(C)C(C)(C)C)NCc2ccccc2SC2=C(CNC(=O)[C@H](Cc3cn(C(=O)O)c4ccccc34)N(C)C1=O)C(Br)=CCN2Cl)C(=O)OC(C)(C)C. The number of nitrogens with zero attached hydrogens (tertiary/aromatic N) is 4. The summed E-state index contributed by atoms with van der Waals surface area (Å²) in [6.45, 7) is 17.9. The Hall–Kier alpha value is -4.33. The van der Waals surface area contributed by atoms with E-state index in [0.717, 1.165) is 25.1 Å². The standard InChI is InChI=1S/C49H69BrClN7O8SSi/c1-48(2,3)66-47(64)55(7)25-16-15-20-38-44(61)56(8)40(28-33-31-57(46(62)63)39-22-13-12-19-34(33)39)43(60)53-30-35-36(50)24-26-58(51)45(35)67-41-23-14-11-18-32(41)29-52-37(42(59)54-38)21-17-27-65-68(9,10)49(4,5)6/h11-14,18-19,22-24,31,37-38,40,52H,15-17,20-21,25-30H2,1-10H3,(H,53,60)(H,54,59)(H,62,63)/t37-,38-,40-/m0/s1. The molecule has 4 amide bonds. The Labute approximate surface area is 420 Å². The van der Waals surface area contributed by atoms with Gasteiger partial charge in [0, 0.05) is 85.1 Å². The molecule has 2 aliphatic heterocycles. The number of likely N-dealkylation sites (N-methyl/N-ethyl adjacent to an activating group) is 1. The number of aromatic nitrogens is 1. The molecule has 0 spiro atoms. The zero-order valence-corrected chi connectivity index (χ0v) is 45.2. The van der Waals surface area contributed by atoms with Crippen LogP contribution in [0.4, 0.5) is 9.59 Å². The van der Waals surface area contributed by atoms with Crippen molar-refractivity contribution in [2.75, 3.05) is 40.3 Å². The van der Waals surface area contributed by atoms with Gasteiger partial charge in [0.25, 0.3) is 0 Å². The highest BCUT2D eigenvalue weighted by molar-refractivity contribution is 9.12. The smallest absolute Gasteiger partial charge is 0.416 e. The second-order valence-corrected chi connectivity index (χ2v) is 27.0. The molecule has 1 aromatic heterocycles. The lowest BCUT2D eigenvalue weighted by Crippen LogP contribution is -2.57. The summed E-state index contributed by atoms with van der Waals surface area (Å²) in [6, 6.07) is 11.9. The van der Waals surface area contributed by atoms with E-state index in [1.807, 2.05) is 30.3 Å². The fourth-order valence-corrected chi connectivity index (χ4v) is 10.7. The molecule has 5 rings (SSSR count). The number of unbranched alkanes of at least 4 members (excludes halogenated alkanes) is 1. The minimum Gasteiger partial charge on any atom is -0.464 e. The number of hydrogen-bond donors (Lipinski definition) is 4. The Balaban J connectivity index is 1.56. The molecule has 3 aromatic rings. The summed E-state index contributed by atoms with van der Waals surface area (Å²) in [5.41, 5.74) is 1.95. The predicted octanol–water partition coefficient (Wildman–Crippen LogP) is 9.20. The van der Waals surface area contributed by atoms with Crippen LogP contribution in [0, 0.1) is 0 Å². The molecule has 0 saturated heterocycles. The number of nitrogens with one attached hydrogen (secondary N) is 3. The van der Waals surface area contributed by atoms with E-state index in [4.69, 9.17) is 20.9 Å². The van der Waals surface area contributed by atoms with Crippen molar-refractivity contribution in [1.29, 1.82) is 0 Å². The van der Waals surface area contributed by atoms with Gasteiger partial charge in [-0.25, -0.2) is 9.59 Å². The quantitative estimate of drug-likeness (QED) is 0.0774. The molecule has 2 aliphatic rings. The molecule has 0 fully saturated rings. The zero-order valence-electron chi connectivity index (χ0n) is 41.0. The second-order valence-electron chi connectivity index (χ2n) is 19.9. The molecule has 4 N–H and O–H groups in total. The molecular weight excluding hydrogens is 990 g/mol. The number of carboxylic acid groups (broad SMARTS) is 1. The first-order valence-electron chi connectivity index (χ1n) is 23.1. The number of carbonyl (C=O) groups excluding carboxylic acids is 4. The molecule has 0 radical (unpaired) electrons. The van der Waals surface area contributed by atoms with Gasteiger partial charge < -0.3 is 40.0 Å². The van der Waals surface area contributed by atoms with Crippen molar-refractivity contribution in [3.63, 3.8) is 0 Å². The molecule has 3 atom stereocenters. The number of fused-ring (bicyclic) bond motifs is 2. The number of rotatable bonds is 12. The van der Waals surface area contributed by atoms with E-state index in [1.54, 1.807) is 56.5 Å². The summed E-state index contributed by atoms with van der Waals surface area (Å²) >= 11 is 12.1. The van der Waals surface area contributed by atoms with Crippen molar-refractivity contribution in [3.05, 3.63) is 87.0 Å². The van der Waals surface area contributed by atoms with Crippen molar-refractivity contribution in [2.45, 2.75) is 133 Å². The van der Waals surface area contributed by atoms with Crippen molar-refractivity contribution < 1.29 is 38.2 Å². The number of amides is 4. The molecule has 0 aliphatic carbocycles. The topological polar surface area (TPSA) is 175 Å². The summed E-state index contributed by atoms with van der Waals surface area (Å²) in [7, 11) is 1.11. The maximum absolute atomic E-state index is 15.1. The van der Waals surface area contributed by atoms with Gasteiger partial charge in [-0.1, -0.05) is 84.9 Å². The fraction of sp³-hybridized carbons (Fsp3) is 0.531. The van der Waals surface area contributed by atoms with Crippen LogP contribution < -0.4 is 16.0 Å². The highest BCUT2D eigenvalue weighted by Crippen LogP contribution is 2.40. The van der Waals surface area contributed by atoms with Crippen LogP contribution in [-0.4, -0.2) is 126 Å². The van der Waals surface area contributed by atoms with Crippen LogP contribution >= 0.6 is 39.5 Å². The normalized spacial score (nSPS) is 19.4. The van der Waals surface area contributed by atoms with E-state index in [-0.39, 0.29) is 30.3 Å². The molecular formula is C49H69BrClN7O8SSi. The number of para-hydroxylation sites is 1. The number of benzene rings is 2. The van der Waals surface area contributed by atoms with Gasteiger partial charge in [0.1, 0.15) is 17.7 Å². The number of halogens is 2. The minimum atomic E-state index is -2.08. The number of carbonyl (C=O) groups is 5. The van der Waals surface area contributed by atoms with Gasteiger partial charge in [0.05, 0.1) is 23.1 Å². The van der Waals surface area contributed by atoms with Crippen LogP contribution in [0.3, 0.4) is 0 Å². The van der Waals surface area contributed by atoms with Crippen molar-refractivity contribution >= 4 is 88.6 Å². The van der Waals surface area contributed by atoms with Crippen LogP contribution in [0.2, 0.25) is 18.1 Å². The van der Waals surface area contributed by atoms with E-state index in [1.165, 1.54) is 34.8 Å². The van der Waals surface area contributed by atoms with E-state index in [9.17, 15) is 24.3 Å². The van der Waals surface area contributed by atoms with Gasteiger partial charge >= 0.3 is 12.2 Å². The van der Waals surface area contributed by atoms with E-state index >= 15 is 4.79 Å². The monoisotopic (exact) mass is 1060 g/mol. The minimum absolute atomic E-state index is 0.00585. The maximum Gasteiger partial charge on any atom is 0.416 e. The van der Waals surface area contributed by atoms with Crippen molar-refractivity contribution in [3.8, 4) is 0 Å². The summed E-state index contributed by atoms with van der Waals surface area (Å²) in [5.74, 6) is -1.38. The maximum atomic E-state index is 15.1. The average Bonchev–Trinajstić information content (AvgIpc) is 3.64. The molecule has 2 aromatic carbocycles. The van der Waals surface area contributed by atoms with Crippen LogP contribution in [0.25, 0.3) is 10.9 Å². The highest BCUT2D eigenvalue weighted by Gasteiger charge is 2.38. The van der Waals surface area contributed by atoms with E-state index in [2.05, 4.69) is 65.7 Å². The molecule has 68 heavy (non-hydrogen) atoms. The molecule has 0 saturated carbocycles. The number of thioether (sulfide) groups is 1. The molecule has 15 nitrogen and oxygen atoms in total. The summed E-state index contributed by atoms with van der Waals surface area (Å²) < 4.78 is 15.5. The largest absolute Gasteiger partial charge is 0.464 e. The molecule has 372 valence electrons. The number of ether oxygens (including phenoxy) is 1. The lowest BCUT2D eigenvalue weighted by atomic mass is 10.0. The first-order valence-corrected chi connectivity index (χ1v) is 28.0. The van der Waals surface area contributed by atoms with Crippen LogP contribution in [0.15, 0.2) is 80.8 Å². The molecule has 0 bridgehead atoms. The summed E-state index contributed by atoms with van der Waals surface area (Å²) in [6.07, 6.45) is 3.81. The molecule has 19 heteroatoms. The Kier molecular flexibility index (Phi) is 18.9. The Morgan fingerprint density at radius 2 is 1.63 bits per heavy atom. The van der Waals surface area contributed by atoms with Gasteiger partial charge in [-0.05, 0) is 100 Å². The van der Waals surface area contributed by atoms with Gasteiger partial charge in [-0.3, -0.25) is 23.4 Å². The Bertz CT molecular complexity index is 2380. The third-order valence-electron chi connectivity index (χ3n) is 12.7. The van der Waals surface area contributed by atoms with Crippen LogP contribution in [0.5, 0.6) is 0 Å². The fourth-order valence-electron chi connectivity index (χ4n) is 7.67. The summed E-state index contributed by atoms with van der Waals surface area (Å²) in [4.78, 5) is 73.5. The Morgan fingerprint density at radius 3 is 2.32 bits per heavy atom. The summed E-state index contributed by atoms with van der Waals surface area (Å²) in [5, 5.41) is 21.1.